The Morgan fingerprint density at radius 1 is 0.957 bits per heavy atom. The van der Waals surface area contributed by atoms with Gasteiger partial charge in [0.1, 0.15) is 6.04 Å². The van der Waals surface area contributed by atoms with Gasteiger partial charge in [0.25, 0.3) is 0 Å². The zero-order chi connectivity index (χ0) is 32.2. The van der Waals surface area contributed by atoms with Gasteiger partial charge < -0.3 is 19.9 Å². The van der Waals surface area contributed by atoms with Crippen LogP contribution in [0, 0.1) is 23.2 Å². The molecule has 2 bridgehead atoms. The Morgan fingerprint density at radius 3 is 2.50 bits per heavy atom. The molecule has 46 heavy (non-hydrogen) atoms. The van der Waals surface area contributed by atoms with E-state index in [0.29, 0.717) is 24.2 Å². The lowest BCUT2D eigenvalue weighted by molar-refractivity contribution is -0.199. The molecule has 3 aromatic rings. The summed E-state index contributed by atoms with van der Waals surface area (Å²) in [6.45, 7) is 11.3. The number of hydrogen-bond donors (Lipinski definition) is 2. The molecule has 242 valence electrons. The van der Waals surface area contributed by atoms with Crippen molar-refractivity contribution in [2.45, 2.75) is 109 Å². The van der Waals surface area contributed by atoms with E-state index in [0.717, 1.165) is 54.0 Å². The molecule has 1 saturated heterocycles. The number of fused-ring (bicyclic) bond motifs is 2. The highest BCUT2D eigenvalue weighted by atomic mass is 16.7. The van der Waals surface area contributed by atoms with Crippen molar-refractivity contribution >= 4 is 29.7 Å². The molecular weight excluding hydrogens is 571 g/mol. The Hall–Kier alpha value is -3.16. The molecule has 0 aromatic heterocycles. The van der Waals surface area contributed by atoms with E-state index in [1.165, 1.54) is 12.0 Å². The van der Waals surface area contributed by atoms with Crippen LogP contribution in [0.25, 0.3) is 10.8 Å². The molecule has 5 aliphatic rings. The van der Waals surface area contributed by atoms with Crippen LogP contribution < -0.4 is 10.6 Å². The Kier molecular flexibility index (Phi) is 8.30. The van der Waals surface area contributed by atoms with E-state index >= 15 is 0 Å². The highest BCUT2D eigenvalue weighted by molar-refractivity contribution is 6.48. The van der Waals surface area contributed by atoms with Gasteiger partial charge in [0.2, 0.25) is 11.8 Å². The Bertz CT molecular complexity index is 1620. The van der Waals surface area contributed by atoms with Crippen molar-refractivity contribution < 1.29 is 18.9 Å². The number of carbonyl (C=O) groups is 2. The van der Waals surface area contributed by atoms with E-state index in [2.05, 4.69) is 87.7 Å². The summed E-state index contributed by atoms with van der Waals surface area (Å²) >= 11 is 0. The van der Waals surface area contributed by atoms with E-state index in [1.54, 1.807) is 0 Å². The van der Waals surface area contributed by atoms with Crippen molar-refractivity contribution in [1.82, 2.24) is 10.6 Å². The first-order chi connectivity index (χ1) is 22.0. The van der Waals surface area contributed by atoms with Gasteiger partial charge in [-0.2, -0.15) is 0 Å². The minimum Gasteiger partial charge on any atom is -0.404 e. The predicted octanol–water partition coefficient (Wildman–Crippen LogP) is 6.79. The molecule has 0 unspecified atom stereocenters. The molecule has 7 heteroatoms. The van der Waals surface area contributed by atoms with Crippen LogP contribution in [0.3, 0.4) is 0 Å². The van der Waals surface area contributed by atoms with E-state index in [-0.39, 0.29) is 40.8 Å². The van der Waals surface area contributed by atoms with Crippen molar-refractivity contribution in [3.05, 3.63) is 83.4 Å². The molecule has 7 atom stereocenters. The van der Waals surface area contributed by atoms with Crippen molar-refractivity contribution in [2.75, 3.05) is 0 Å². The fourth-order valence-corrected chi connectivity index (χ4v) is 9.21. The summed E-state index contributed by atoms with van der Waals surface area (Å²) in [5.74, 6) is 0.579. The summed E-state index contributed by atoms with van der Waals surface area (Å²) in [5.41, 5.74) is 3.22. The summed E-state index contributed by atoms with van der Waals surface area (Å²) in [4.78, 5) is 28.3. The van der Waals surface area contributed by atoms with E-state index in [4.69, 9.17) is 9.31 Å². The molecule has 1 heterocycles. The van der Waals surface area contributed by atoms with Gasteiger partial charge in [-0.05, 0) is 96.1 Å². The van der Waals surface area contributed by atoms with Crippen LogP contribution in [-0.4, -0.2) is 42.6 Å². The monoisotopic (exact) mass is 620 g/mol. The molecule has 4 aliphatic carbocycles. The summed E-state index contributed by atoms with van der Waals surface area (Å²) in [7, 11) is -0.515. The lowest BCUT2D eigenvalue weighted by Gasteiger charge is -2.64. The van der Waals surface area contributed by atoms with Crippen LogP contribution in [0.2, 0.25) is 0 Å². The number of rotatable bonds is 9. The third-order valence-electron chi connectivity index (χ3n) is 11.9. The van der Waals surface area contributed by atoms with Gasteiger partial charge in [-0.25, -0.2) is 0 Å². The van der Waals surface area contributed by atoms with Crippen LogP contribution in [0.15, 0.2) is 66.7 Å². The quantitative estimate of drug-likeness (QED) is 0.259. The number of aryl methyl sites for hydroxylation is 1. The van der Waals surface area contributed by atoms with Gasteiger partial charge in [0, 0.05) is 6.42 Å². The lowest BCUT2D eigenvalue weighted by atomic mass is 9.43. The fourth-order valence-electron chi connectivity index (χ4n) is 9.21. The van der Waals surface area contributed by atoms with E-state index in [9.17, 15) is 9.59 Å². The Balaban J connectivity index is 1.14. The molecule has 0 spiro atoms. The number of carbonyl (C=O) groups excluding carboxylic acids is 2. The first kappa shape index (κ1) is 31.4. The van der Waals surface area contributed by atoms with Gasteiger partial charge >= 0.3 is 7.12 Å². The molecular formula is C39H49BN2O4. The van der Waals surface area contributed by atoms with Crippen molar-refractivity contribution in [3.63, 3.8) is 0 Å². The summed E-state index contributed by atoms with van der Waals surface area (Å²) in [6, 6.07) is 22.0. The molecule has 0 radical (unpaired) electrons. The largest absolute Gasteiger partial charge is 0.481 e. The van der Waals surface area contributed by atoms with Crippen molar-refractivity contribution in [2.24, 2.45) is 23.2 Å². The van der Waals surface area contributed by atoms with Gasteiger partial charge in [-0.1, -0.05) is 94.4 Å². The van der Waals surface area contributed by atoms with Crippen LogP contribution in [-0.2, 0) is 31.7 Å². The third-order valence-corrected chi connectivity index (χ3v) is 11.9. The molecule has 3 aromatic carbocycles. The molecule has 6 nitrogen and oxygen atoms in total. The van der Waals surface area contributed by atoms with Gasteiger partial charge in [0.15, 0.2) is 0 Å². The Morgan fingerprint density at radius 2 is 1.72 bits per heavy atom. The van der Waals surface area contributed by atoms with Crippen molar-refractivity contribution in [3.8, 4) is 0 Å². The molecule has 2 N–H and O–H groups in total. The van der Waals surface area contributed by atoms with Crippen LogP contribution in [0.5, 0.6) is 0 Å². The molecule has 1 aliphatic heterocycles. The molecule has 8 rings (SSSR count). The van der Waals surface area contributed by atoms with E-state index < -0.39 is 13.2 Å². The van der Waals surface area contributed by atoms with Crippen LogP contribution >= 0.6 is 0 Å². The molecule has 2 amide bonds. The lowest BCUT2D eigenvalue weighted by Crippen LogP contribution is -2.65. The van der Waals surface area contributed by atoms with Crippen LogP contribution in [0.1, 0.15) is 89.3 Å². The average molecular weight is 621 g/mol. The maximum atomic E-state index is 14.4. The zero-order valence-corrected chi connectivity index (χ0v) is 28.1. The summed E-state index contributed by atoms with van der Waals surface area (Å²) < 4.78 is 13.5. The summed E-state index contributed by atoms with van der Waals surface area (Å²) in [6.07, 6.45) is 6.08. The second kappa shape index (κ2) is 12.1. The Labute approximate surface area is 274 Å². The zero-order valence-electron chi connectivity index (χ0n) is 28.1. The highest BCUT2D eigenvalue weighted by Gasteiger charge is 2.68. The first-order valence-corrected chi connectivity index (χ1v) is 17.5. The predicted molar refractivity (Wildman–Crippen MR) is 183 cm³/mol. The number of hydrogen-bond acceptors (Lipinski definition) is 4. The minimum atomic E-state index is -0.733. The molecule has 4 fully saturated rings. The minimum absolute atomic E-state index is 0.0420. The average Bonchev–Trinajstić information content (AvgIpc) is 3.41. The second-order valence-corrected chi connectivity index (χ2v) is 15.7. The topological polar surface area (TPSA) is 76.7 Å². The standard InChI is InChI=1S/C39H49BN2O4/c1-24(2)19-35(40-45-34-23-29-22-33(38(29,3)4)39(34,5)46-40)42-37(44)32(21-25-17-18-26-11-6-7-13-28(26)20-25)41-36(43)31-16-10-14-27-12-8-9-15-30(27)31/h6-9,11-13,15,17-18,20,24,29,31-35H,10,14,16,19,21-23H2,1-5H3,(H,41,43)(H,42,44)/t29-,31-,32-,33-,34+,35-,39-/m0/s1. The maximum Gasteiger partial charge on any atom is 0.481 e. The third kappa shape index (κ3) is 5.68. The molecule has 3 saturated carbocycles. The summed E-state index contributed by atoms with van der Waals surface area (Å²) in [5, 5.41) is 8.84. The number of benzene rings is 3. The van der Waals surface area contributed by atoms with Gasteiger partial charge in [0.05, 0.1) is 23.6 Å². The normalized spacial score (nSPS) is 29.0. The second-order valence-electron chi connectivity index (χ2n) is 15.7. The van der Waals surface area contributed by atoms with E-state index in [1.807, 2.05) is 24.3 Å². The van der Waals surface area contributed by atoms with Crippen molar-refractivity contribution in [1.29, 1.82) is 0 Å². The number of nitrogens with one attached hydrogen (secondary N) is 2. The SMILES string of the molecule is CC(C)C[C@H](NC(=O)[C@H](Cc1ccc2ccccc2c1)NC(=O)[C@H]1CCCc2ccccc21)B1O[C@@H]2C[C@@H]3C[C@@H](C3(C)C)[C@]2(C)O1. The fraction of sp³-hybridized carbons (Fsp3) is 0.538. The maximum absolute atomic E-state index is 14.4. The van der Waals surface area contributed by atoms with Crippen LogP contribution in [0.4, 0.5) is 0 Å². The highest BCUT2D eigenvalue weighted by Crippen LogP contribution is 2.65. The van der Waals surface area contributed by atoms with Gasteiger partial charge in [-0.15, -0.1) is 0 Å². The van der Waals surface area contributed by atoms with Gasteiger partial charge in [-0.3, -0.25) is 9.59 Å². The smallest absolute Gasteiger partial charge is 0.404 e. The first-order valence-electron chi connectivity index (χ1n) is 17.5. The number of amides is 2.